The van der Waals surface area contributed by atoms with E-state index in [9.17, 15) is 4.79 Å². The molecule has 0 bridgehead atoms. The van der Waals surface area contributed by atoms with E-state index in [-0.39, 0.29) is 5.97 Å². The molecule has 122 valence electrons. The van der Waals surface area contributed by atoms with Crippen LogP contribution >= 0.6 is 0 Å². The maximum Gasteiger partial charge on any atom is 0.369 e. The van der Waals surface area contributed by atoms with Crippen molar-refractivity contribution in [1.82, 2.24) is 0 Å². The van der Waals surface area contributed by atoms with Crippen molar-refractivity contribution in [3.8, 4) is 0 Å². The molecule has 0 fully saturated rings. The molecule has 3 heteroatoms. The lowest BCUT2D eigenvalue weighted by molar-refractivity contribution is -0.265. The summed E-state index contributed by atoms with van der Waals surface area (Å²) in [5.74, 6) is -0.376. The van der Waals surface area contributed by atoms with E-state index in [2.05, 4.69) is 6.92 Å². The second-order valence-electron chi connectivity index (χ2n) is 5.38. The summed E-state index contributed by atoms with van der Waals surface area (Å²) in [5.41, 5.74) is 1.69. The van der Waals surface area contributed by atoms with Crippen molar-refractivity contribution in [3.05, 3.63) is 41.5 Å². The first-order chi connectivity index (χ1) is 10.8. The summed E-state index contributed by atoms with van der Waals surface area (Å²) in [6.07, 6.45) is 9.82. The number of benzene rings is 1. The molecule has 0 N–H and O–H groups in total. The molecule has 0 aliphatic rings. The van der Waals surface area contributed by atoms with Gasteiger partial charge in [-0.25, -0.2) is 4.79 Å². The van der Waals surface area contributed by atoms with E-state index < -0.39 is 0 Å². The van der Waals surface area contributed by atoms with Crippen LogP contribution in [0.3, 0.4) is 0 Å². The maximum absolute atomic E-state index is 12.1. The lowest BCUT2D eigenvalue weighted by Crippen LogP contribution is -2.09. The summed E-state index contributed by atoms with van der Waals surface area (Å²) in [4.78, 5) is 21.7. The van der Waals surface area contributed by atoms with Crippen LogP contribution in [0.4, 0.5) is 0 Å². The Morgan fingerprint density at radius 2 is 1.68 bits per heavy atom. The summed E-state index contributed by atoms with van der Waals surface area (Å²) < 4.78 is 0. The smallest absolute Gasteiger partial charge is 0.293 e. The number of hydrogen-bond donors (Lipinski definition) is 0. The highest BCUT2D eigenvalue weighted by molar-refractivity contribution is 5.93. The summed E-state index contributed by atoms with van der Waals surface area (Å²) in [7, 11) is 0. The van der Waals surface area contributed by atoms with Gasteiger partial charge in [-0.1, -0.05) is 69.4 Å². The Labute approximate surface area is 134 Å². The van der Waals surface area contributed by atoms with E-state index in [0.717, 1.165) is 24.8 Å². The van der Waals surface area contributed by atoms with E-state index in [1.54, 1.807) is 6.92 Å². The van der Waals surface area contributed by atoms with Crippen molar-refractivity contribution in [3.63, 3.8) is 0 Å². The van der Waals surface area contributed by atoms with Crippen LogP contribution < -0.4 is 0 Å². The molecule has 0 heterocycles. The molecule has 0 aliphatic heterocycles. The Kier molecular flexibility index (Phi) is 10.0. The molecule has 0 unspecified atom stereocenters. The third-order valence-corrected chi connectivity index (χ3v) is 3.45. The van der Waals surface area contributed by atoms with Crippen molar-refractivity contribution in [2.75, 3.05) is 6.61 Å². The molecule has 3 nitrogen and oxygen atoms in total. The molecule has 0 spiro atoms. The van der Waals surface area contributed by atoms with Gasteiger partial charge >= 0.3 is 5.97 Å². The quantitative estimate of drug-likeness (QED) is 0.240. The minimum Gasteiger partial charge on any atom is -0.293 e. The standard InChI is InChI=1S/C19H28O3/c1-3-5-6-7-8-12-15-18(19(20)22-21-4-2)16-17-13-10-9-11-14-17/h9-11,13-14,16H,3-8,12,15H2,1-2H3. The first-order valence-electron chi connectivity index (χ1n) is 8.37. The lowest BCUT2D eigenvalue weighted by atomic mass is 10.0. The second kappa shape index (κ2) is 12.0. The first-order valence-corrected chi connectivity index (χ1v) is 8.37. The van der Waals surface area contributed by atoms with Gasteiger partial charge in [0.2, 0.25) is 0 Å². The van der Waals surface area contributed by atoms with E-state index in [1.165, 1.54) is 25.7 Å². The molecule has 1 rings (SSSR count). The third-order valence-electron chi connectivity index (χ3n) is 3.45. The van der Waals surface area contributed by atoms with Gasteiger partial charge in [0.05, 0.1) is 6.61 Å². The maximum atomic E-state index is 12.1. The lowest BCUT2D eigenvalue weighted by Gasteiger charge is -2.07. The van der Waals surface area contributed by atoms with Crippen molar-refractivity contribution < 1.29 is 14.6 Å². The number of rotatable bonds is 11. The number of carbonyl (C=O) groups excluding carboxylic acids is 1. The normalized spacial score (nSPS) is 11.5. The molecular formula is C19H28O3. The summed E-state index contributed by atoms with van der Waals surface area (Å²) in [6, 6.07) is 9.85. The topological polar surface area (TPSA) is 35.5 Å². The highest BCUT2D eigenvalue weighted by Gasteiger charge is 2.12. The minimum atomic E-state index is -0.376. The zero-order valence-corrected chi connectivity index (χ0v) is 13.8. The fourth-order valence-electron chi connectivity index (χ4n) is 2.25. The van der Waals surface area contributed by atoms with Gasteiger partial charge in [0, 0.05) is 5.57 Å². The fraction of sp³-hybridized carbons (Fsp3) is 0.526. The van der Waals surface area contributed by atoms with Gasteiger partial charge in [-0.2, -0.15) is 4.89 Å². The Bertz CT molecular complexity index is 437. The molecule has 1 aromatic rings. The fourth-order valence-corrected chi connectivity index (χ4v) is 2.25. The van der Waals surface area contributed by atoms with Gasteiger partial charge in [-0.3, -0.25) is 4.89 Å². The zero-order valence-electron chi connectivity index (χ0n) is 13.8. The zero-order chi connectivity index (χ0) is 16.0. The molecule has 0 radical (unpaired) electrons. The number of carbonyl (C=O) groups is 1. The van der Waals surface area contributed by atoms with E-state index in [4.69, 9.17) is 9.78 Å². The Balaban J connectivity index is 2.55. The van der Waals surface area contributed by atoms with Crippen LogP contribution in [-0.2, 0) is 14.6 Å². The van der Waals surface area contributed by atoms with Crippen molar-refractivity contribution in [2.45, 2.75) is 58.8 Å². The first kappa shape index (κ1) is 18.4. The third kappa shape index (κ3) is 7.99. The van der Waals surface area contributed by atoms with Crippen molar-refractivity contribution in [2.24, 2.45) is 0 Å². The Morgan fingerprint density at radius 3 is 2.36 bits per heavy atom. The highest BCUT2D eigenvalue weighted by Crippen LogP contribution is 2.16. The molecule has 0 amide bonds. The summed E-state index contributed by atoms with van der Waals surface area (Å²) >= 11 is 0. The van der Waals surface area contributed by atoms with Crippen LogP contribution in [0.5, 0.6) is 0 Å². The van der Waals surface area contributed by atoms with Gasteiger partial charge in [0.1, 0.15) is 0 Å². The van der Waals surface area contributed by atoms with E-state index >= 15 is 0 Å². The van der Waals surface area contributed by atoms with Crippen LogP contribution in [0.15, 0.2) is 35.9 Å². The molecule has 0 aliphatic carbocycles. The molecule has 0 saturated carbocycles. The SMILES string of the molecule is CCCCCCCCC(=Cc1ccccc1)C(=O)OOCC. The van der Waals surface area contributed by atoms with Crippen molar-refractivity contribution >= 4 is 12.0 Å². The van der Waals surface area contributed by atoms with Crippen LogP contribution in [0.2, 0.25) is 0 Å². The van der Waals surface area contributed by atoms with Crippen LogP contribution in [0.1, 0.15) is 64.4 Å². The van der Waals surface area contributed by atoms with Gasteiger partial charge in [-0.05, 0) is 31.4 Å². The molecule has 0 saturated heterocycles. The van der Waals surface area contributed by atoms with Gasteiger partial charge in [-0.15, -0.1) is 0 Å². The summed E-state index contributed by atoms with van der Waals surface area (Å²) in [6.45, 7) is 4.37. The molecule has 0 atom stereocenters. The van der Waals surface area contributed by atoms with Crippen LogP contribution in [-0.4, -0.2) is 12.6 Å². The summed E-state index contributed by atoms with van der Waals surface area (Å²) in [5, 5.41) is 0. The Hall–Kier alpha value is -1.61. The highest BCUT2D eigenvalue weighted by atomic mass is 17.2. The van der Waals surface area contributed by atoms with E-state index in [1.807, 2.05) is 36.4 Å². The predicted molar refractivity (Wildman–Crippen MR) is 90.1 cm³/mol. The minimum absolute atomic E-state index is 0.362. The second-order valence-corrected chi connectivity index (χ2v) is 5.38. The predicted octanol–water partition coefficient (Wildman–Crippen LogP) is 5.32. The molecule has 0 aromatic heterocycles. The largest absolute Gasteiger partial charge is 0.369 e. The average molecular weight is 304 g/mol. The van der Waals surface area contributed by atoms with Crippen LogP contribution in [0, 0.1) is 0 Å². The van der Waals surface area contributed by atoms with Crippen molar-refractivity contribution in [1.29, 1.82) is 0 Å². The molecular weight excluding hydrogens is 276 g/mol. The van der Waals surface area contributed by atoms with Gasteiger partial charge in [0.15, 0.2) is 0 Å². The Morgan fingerprint density at radius 1 is 1.00 bits per heavy atom. The molecule has 22 heavy (non-hydrogen) atoms. The molecule has 1 aromatic carbocycles. The average Bonchev–Trinajstić information content (AvgIpc) is 2.55. The monoisotopic (exact) mass is 304 g/mol. The van der Waals surface area contributed by atoms with Gasteiger partial charge in [0.25, 0.3) is 0 Å². The number of unbranched alkanes of at least 4 members (excludes halogenated alkanes) is 5. The number of hydrogen-bond acceptors (Lipinski definition) is 3. The van der Waals surface area contributed by atoms with E-state index in [0.29, 0.717) is 12.2 Å². The van der Waals surface area contributed by atoms with Gasteiger partial charge < -0.3 is 0 Å². The van der Waals surface area contributed by atoms with Crippen LogP contribution in [0.25, 0.3) is 6.08 Å².